The number of hydrogen-bond acceptors (Lipinski definition) is 2. The summed E-state index contributed by atoms with van der Waals surface area (Å²) in [6.45, 7) is 3.31. The molecule has 0 N–H and O–H groups in total. The molecule has 1 unspecified atom stereocenters. The molecule has 58 valence electrons. The molecule has 0 amide bonds. The maximum absolute atomic E-state index is 10.7. The van der Waals surface area contributed by atoms with E-state index < -0.39 is 0 Å². The molecule has 1 atom stereocenters. The van der Waals surface area contributed by atoms with Gasteiger partial charge in [0.2, 0.25) is 0 Å². The lowest BCUT2D eigenvalue weighted by Gasteiger charge is -2.12. The van der Waals surface area contributed by atoms with Gasteiger partial charge in [0, 0.05) is 12.5 Å². The highest BCUT2D eigenvalue weighted by atomic mass is 16.5. The van der Waals surface area contributed by atoms with Gasteiger partial charge >= 0.3 is 5.97 Å². The van der Waals surface area contributed by atoms with Crippen LogP contribution in [-0.4, -0.2) is 12.1 Å². The average molecular weight is 150 g/mol. The van der Waals surface area contributed by atoms with E-state index in [1.54, 1.807) is 0 Å². The van der Waals surface area contributed by atoms with E-state index in [1.165, 1.54) is 6.08 Å². The Morgan fingerprint density at radius 2 is 2.45 bits per heavy atom. The van der Waals surface area contributed by atoms with Crippen LogP contribution in [-0.2, 0) is 9.53 Å². The summed E-state index contributed by atoms with van der Waals surface area (Å²) in [6.07, 6.45) is 9.43. The molecule has 1 aliphatic carbocycles. The molecule has 2 nitrogen and oxygen atoms in total. The second-order valence-electron chi connectivity index (χ2n) is 2.23. The van der Waals surface area contributed by atoms with Crippen molar-refractivity contribution in [2.45, 2.75) is 12.5 Å². The summed E-state index contributed by atoms with van der Waals surface area (Å²) < 4.78 is 4.95. The number of esters is 1. The van der Waals surface area contributed by atoms with Crippen molar-refractivity contribution in [3.8, 4) is 0 Å². The van der Waals surface area contributed by atoms with E-state index in [0.29, 0.717) is 0 Å². The molecule has 0 aromatic rings. The van der Waals surface area contributed by atoms with Crippen LogP contribution in [0.1, 0.15) is 6.42 Å². The Morgan fingerprint density at radius 1 is 1.64 bits per heavy atom. The molecule has 0 aromatic carbocycles. The van der Waals surface area contributed by atoms with E-state index in [2.05, 4.69) is 6.58 Å². The van der Waals surface area contributed by atoms with Gasteiger partial charge < -0.3 is 4.74 Å². The fraction of sp³-hybridized carbons (Fsp3) is 0.222. The molecular formula is C9H10O2. The van der Waals surface area contributed by atoms with Crippen LogP contribution >= 0.6 is 0 Å². The van der Waals surface area contributed by atoms with Crippen LogP contribution in [0.2, 0.25) is 0 Å². The fourth-order valence-corrected chi connectivity index (χ4v) is 0.843. The standard InChI is InChI=1S/C9H10O2/c1-2-9(10)11-8-6-4-3-5-7-8/h2-6,8H,1,7H2. The lowest BCUT2D eigenvalue weighted by Crippen LogP contribution is -2.14. The van der Waals surface area contributed by atoms with Gasteiger partial charge in [-0.25, -0.2) is 4.79 Å². The minimum absolute atomic E-state index is 0.106. The van der Waals surface area contributed by atoms with Crippen molar-refractivity contribution >= 4 is 5.97 Å². The maximum Gasteiger partial charge on any atom is 0.330 e. The Kier molecular flexibility index (Phi) is 2.66. The van der Waals surface area contributed by atoms with E-state index in [1.807, 2.05) is 24.3 Å². The van der Waals surface area contributed by atoms with Gasteiger partial charge in [-0.05, 0) is 6.08 Å². The first-order valence-electron chi connectivity index (χ1n) is 3.49. The topological polar surface area (TPSA) is 26.3 Å². The van der Waals surface area contributed by atoms with Gasteiger partial charge in [-0.2, -0.15) is 0 Å². The fourth-order valence-electron chi connectivity index (χ4n) is 0.843. The van der Waals surface area contributed by atoms with Gasteiger partial charge in [0.05, 0.1) is 0 Å². The molecule has 0 spiro atoms. The van der Waals surface area contributed by atoms with Crippen LogP contribution in [0, 0.1) is 0 Å². The summed E-state index contributed by atoms with van der Waals surface area (Å²) in [6, 6.07) is 0. The summed E-state index contributed by atoms with van der Waals surface area (Å²) in [5.74, 6) is -0.366. The lowest BCUT2D eigenvalue weighted by molar-refractivity contribution is -0.140. The van der Waals surface area contributed by atoms with Crippen LogP contribution in [0.25, 0.3) is 0 Å². The van der Waals surface area contributed by atoms with E-state index >= 15 is 0 Å². The van der Waals surface area contributed by atoms with Crippen molar-refractivity contribution in [2.24, 2.45) is 0 Å². The molecule has 0 saturated heterocycles. The van der Waals surface area contributed by atoms with E-state index in [9.17, 15) is 4.79 Å². The zero-order chi connectivity index (χ0) is 8.10. The van der Waals surface area contributed by atoms with Crippen molar-refractivity contribution in [3.05, 3.63) is 37.0 Å². The van der Waals surface area contributed by atoms with Crippen LogP contribution in [0.4, 0.5) is 0 Å². The van der Waals surface area contributed by atoms with Crippen molar-refractivity contribution in [3.63, 3.8) is 0 Å². The SMILES string of the molecule is C=CC(=O)OC1C=CC=CC1. The van der Waals surface area contributed by atoms with Crippen LogP contribution in [0.5, 0.6) is 0 Å². The van der Waals surface area contributed by atoms with Gasteiger partial charge in [0.15, 0.2) is 0 Å². The molecular weight excluding hydrogens is 140 g/mol. The van der Waals surface area contributed by atoms with Crippen molar-refractivity contribution in [2.75, 3.05) is 0 Å². The third-order valence-corrected chi connectivity index (χ3v) is 1.38. The molecule has 2 heteroatoms. The first kappa shape index (κ1) is 7.79. The van der Waals surface area contributed by atoms with E-state index in [0.717, 1.165) is 6.42 Å². The second kappa shape index (κ2) is 3.76. The smallest absolute Gasteiger partial charge is 0.330 e. The third-order valence-electron chi connectivity index (χ3n) is 1.38. The monoisotopic (exact) mass is 150 g/mol. The average Bonchev–Trinajstić information content (AvgIpc) is 2.06. The quantitative estimate of drug-likeness (QED) is 0.441. The zero-order valence-corrected chi connectivity index (χ0v) is 6.19. The number of rotatable bonds is 2. The Balaban J connectivity index is 2.38. The molecule has 0 saturated carbocycles. The second-order valence-corrected chi connectivity index (χ2v) is 2.23. The van der Waals surface area contributed by atoms with Crippen molar-refractivity contribution < 1.29 is 9.53 Å². The molecule has 0 fully saturated rings. The minimum Gasteiger partial charge on any atom is -0.455 e. The highest BCUT2D eigenvalue weighted by molar-refractivity contribution is 5.81. The molecule has 0 aliphatic heterocycles. The molecule has 0 bridgehead atoms. The molecule has 1 aliphatic rings. The Labute approximate surface area is 65.9 Å². The Morgan fingerprint density at radius 3 is 3.00 bits per heavy atom. The Hall–Kier alpha value is -1.31. The zero-order valence-electron chi connectivity index (χ0n) is 6.19. The van der Waals surface area contributed by atoms with Crippen molar-refractivity contribution in [1.82, 2.24) is 0 Å². The first-order chi connectivity index (χ1) is 5.33. The molecule has 0 radical (unpaired) electrons. The summed E-state index contributed by atoms with van der Waals surface area (Å²) in [5, 5.41) is 0. The summed E-state index contributed by atoms with van der Waals surface area (Å²) in [4.78, 5) is 10.7. The molecule has 0 heterocycles. The lowest BCUT2D eigenvalue weighted by atomic mass is 10.1. The number of hydrogen-bond donors (Lipinski definition) is 0. The number of carbonyl (C=O) groups excluding carboxylic acids is 1. The van der Waals surface area contributed by atoms with Gasteiger partial charge in [-0.15, -0.1) is 0 Å². The van der Waals surface area contributed by atoms with Gasteiger partial charge in [-0.1, -0.05) is 24.8 Å². The van der Waals surface area contributed by atoms with Gasteiger partial charge in [0.25, 0.3) is 0 Å². The summed E-state index contributed by atoms with van der Waals surface area (Å²) >= 11 is 0. The summed E-state index contributed by atoms with van der Waals surface area (Å²) in [7, 11) is 0. The first-order valence-corrected chi connectivity index (χ1v) is 3.49. The van der Waals surface area contributed by atoms with Crippen LogP contribution in [0.3, 0.4) is 0 Å². The number of allylic oxidation sites excluding steroid dienone is 2. The van der Waals surface area contributed by atoms with Crippen LogP contribution < -0.4 is 0 Å². The van der Waals surface area contributed by atoms with E-state index in [-0.39, 0.29) is 12.1 Å². The number of ether oxygens (including phenoxy) is 1. The van der Waals surface area contributed by atoms with Gasteiger partial charge in [0.1, 0.15) is 6.10 Å². The normalized spacial score (nSPS) is 21.3. The maximum atomic E-state index is 10.7. The largest absolute Gasteiger partial charge is 0.455 e. The Bertz CT molecular complexity index is 214. The summed E-state index contributed by atoms with van der Waals surface area (Å²) in [5.41, 5.74) is 0. The molecule has 1 rings (SSSR count). The van der Waals surface area contributed by atoms with Crippen LogP contribution in [0.15, 0.2) is 37.0 Å². The van der Waals surface area contributed by atoms with Gasteiger partial charge in [-0.3, -0.25) is 0 Å². The number of carbonyl (C=O) groups is 1. The third kappa shape index (κ3) is 2.42. The predicted molar refractivity (Wildman–Crippen MR) is 43.0 cm³/mol. The minimum atomic E-state index is -0.366. The predicted octanol–water partition coefficient (Wildman–Crippen LogP) is 1.60. The van der Waals surface area contributed by atoms with Crippen molar-refractivity contribution in [1.29, 1.82) is 0 Å². The molecule has 11 heavy (non-hydrogen) atoms. The highest BCUT2D eigenvalue weighted by Crippen LogP contribution is 2.07. The molecule has 0 aromatic heterocycles. The van der Waals surface area contributed by atoms with E-state index in [4.69, 9.17) is 4.74 Å². The highest BCUT2D eigenvalue weighted by Gasteiger charge is 2.07.